The van der Waals surface area contributed by atoms with Crippen molar-refractivity contribution in [1.29, 1.82) is 0 Å². The van der Waals surface area contributed by atoms with Crippen LogP contribution in [0.25, 0.3) is 0 Å². The van der Waals surface area contributed by atoms with Crippen molar-refractivity contribution in [2.75, 3.05) is 29.9 Å². The molecule has 0 aliphatic carbocycles. The molecule has 1 aromatic rings. The smallest absolute Gasteiger partial charge is 0.130 e. The molecule has 0 unspecified atom stereocenters. The van der Waals surface area contributed by atoms with Gasteiger partial charge in [0.05, 0.1) is 0 Å². The van der Waals surface area contributed by atoms with Crippen LogP contribution in [-0.4, -0.2) is 24.6 Å². The number of aromatic nitrogens is 1. The molecular formula is C13H23N3. The molecule has 0 radical (unpaired) electrons. The number of rotatable bonds is 6. The average molecular weight is 221 g/mol. The van der Waals surface area contributed by atoms with Crippen molar-refractivity contribution in [3.8, 4) is 0 Å². The van der Waals surface area contributed by atoms with Gasteiger partial charge in [-0.3, -0.25) is 0 Å². The van der Waals surface area contributed by atoms with Crippen molar-refractivity contribution in [3.05, 3.63) is 18.2 Å². The zero-order valence-electron chi connectivity index (χ0n) is 10.8. The third-order valence-corrected chi connectivity index (χ3v) is 2.38. The number of anilines is 2. The molecule has 0 bridgehead atoms. The van der Waals surface area contributed by atoms with E-state index in [2.05, 4.69) is 55.0 Å². The van der Waals surface area contributed by atoms with Gasteiger partial charge in [0.15, 0.2) is 0 Å². The van der Waals surface area contributed by atoms with Crippen molar-refractivity contribution in [2.24, 2.45) is 5.92 Å². The van der Waals surface area contributed by atoms with Gasteiger partial charge in [-0.25, -0.2) is 4.98 Å². The van der Waals surface area contributed by atoms with Crippen LogP contribution in [0.5, 0.6) is 0 Å². The van der Waals surface area contributed by atoms with E-state index >= 15 is 0 Å². The fourth-order valence-corrected chi connectivity index (χ4v) is 1.70. The first kappa shape index (κ1) is 12.8. The predicted octanol–water partition coefficient (Wildman–Crippen LogP) is 3.00. The van der Waals surface area contributed by atoms with Gasteiger partial charge < -0.3 is 10.2 Å². The molecule has 0 saturated carbocycles. The molecule has 3 nitrogen and oxygen atoms in total. The molecule has 1 N–H and O–H groups in total. The van der Waals surface area contributed by atoms with Crippen LogP contribution in [0.1, 0.15) is 27.7 Å². The van der Waals surface area contributed by atoms with Crippen LogP contribution in [0.4, 0.5) is 11.6 Å². The fourth-order valence-electron chi connectivity index (χ4n) is 1.70. The molecule has 0 aromatic carbocycles. The molecule has 90 valence electrons. The summed E-state index contributed by atoms with van der Waals surface area (Å²) in [5, 5.41) is 3.24. The van der Waals surface area contributed by atoms with Crippen molar-refractivity contribution in [3.63, 3.8) is 0 Å². The Balaban J connectivity index is 2.79. The monoisotopic (exact) mass is 221 g/mol. The second-order valence-corrected chi connectivity index (χ2v) is 4.34. The van der Waals surface area contributed by atoms with Gasteiger partial charge in [-0.2, -0.15) is 0 Å². The number of hydrogen-bond acceptors (Lipinski definition) is 3. The molecule has 1 rings (SSSR count). The Kier molecular flexibility index (Phi) is 5.09. The summed E-state index contributed by atoms with van der Waals surface area (Å²) < 4.78 is 0. The normalized spacial score (nSPS) is 10.6. The quantitative estimate of drug-likeness (QED) is 0.800. The fraction of sp³-hybridized carbons (Fsp3) is 0.615. The third-order valence-electron chi connectivity index (χ3n) is 2.38. The first-order chi connectivity index (χ1) is 7.67. The Hall–Kier alpha value is -1.25. The molecule has 16 heavy (non-hydrogen) atoms. The maximum Gasteiger partial charge on any atom is 0.130 e. The minimum atomic E-state index is 0.657. The Morgan fingerprint density at radius 1 is 1.31 bits per heavy atom. The highest BCUT2D eigenvalue weighted by Crippen LogP contribution is 2.15. The van der Waals surface area contributed by atoms with E-state index in [9.17, 15) is 0 Å². The van der Waals surface area contributed by atoms with E-state index in [1.807, 2.05) is 6.07 Å². The Morgan fingerprint density at radius 2 is 2.06 bits per heavy atom. The molecule has 0 atom stereocenters. The van der Waals surface area contributed by atoms with Gasteiger partial charge in [0.25, 0.3) is 0 Å². The average Bonchev–Trinajstić information content (AvgIpc) is 2.26. The van der Waals surface area contributed by atoms with Gasteiger partial charge in [-0.15, -0.1) is 0 Å². The lowest BCUT2D eigenvalue weighted by Gasteiger charge is -2.24. The number of nitrogens with zero attached hydrogens (tertiary/aromatic N) is 2. The maximum absolute atomic E-state index is 4.60. The highest BCUT2D eigenvalue weighted by Gasteiger charge is 2.07. The first-order valence-electron chi connectivity index (χ1n) is 6.13. The summed E-state index contributed by atoms with van der Waals surface area (Å²) in [6, 6.07) is 6.15. The van der Waals surface area contributed by atoms with Crippen LogP contribution in [0.3, 0.4) is 0 Å². The van der Waals surface area contributed by atoms with Crippen LogP contribution >= 0.6 is 0 Å². The van der Waals surface area contributed by atoms with Gasteiger partial charge in [-0.05, 0) is 31.9 Å². The van der Waals surface area contributed by atoms with E-state index in [-0.39, 0.29) is 0 Å². The SMILES string of the molecule is CCNc1cccc(N(CC)CC(C)C)n1. The minimum absolute atomic E-state index is 0.657. The molecule has 0 aliphatic rings. The van der Waals surface area contributed by atoms with E-state index in [0.29, 0.717) is 5.92 Å². The third kappa shape index (κ3) is 3.72. The molecule has 1 aromatic heterocycles. The van der Waals surface area contributed by atoms with Crippen LogP contribution < -0.4 is 10.2 Å². The molecule has 3 heteroatoms. The predicted molar refractivity (Wildman–Crippen MR) is 71.1 cm³/mol. The zero-order chi connectivity index (χ0) is 12.0. The largest absolute Gasteiger partial charge is 0.370 e. The van der Waals surface area contributed by atoms with Crippen molar-refractivity contribution < 1.29 is 0 Å². The number of pyridine rings is 1. The van der Waals surface area contributed by atoms with Crippen LogP contribution in [0.15, 0.2) is 18.2 Å². The van der Waals surface area contributed by atoms with E-state index in [1.54, 1.807) is 0 Å². The van der Waals surface area contributed by atoms with Gasteiger partial charge in [0.2, 0.25) is 0 Å². The summed E-state index contributed by atoms with van der Waals surface area (Å²) in [7, 11) is 0. The van der Waals surface area contributed by atoms with Crippen molar-refractivity contribution >= 4 is 11.6 Å². The lowest BCUT2D eigenvalue weighted by molar-refractivity contribution is 0.614. The summed E-state index contributed by atoms with van der Waals surface area (Å²) in [6.07, 6.45) is 0. The standard InChI is InChI=1S/C13H23N3/c1-5-14-12-8-7-9-13(15-12)16(6-2)10-11(3)4/h7-9,11H,5-6,10H2,1-4H3,(H,14,15). The Morgan fingerprint density at radius 3 is 2.62 bits per heavy atom. The van der Waals surface area contributed by atoms with E-state index < -0.39 is 0 Å². The molecule has 0 aliphatic heterocycles. The topological polar surface area (TPSA) is 28.2 Å². The number of nitrogens with one attached hydrogen (secondary N) is 1. The van der Waals surface area contributed by atoms with Gasteiger partial charge >= 0.3 is 0 Å². The second-order valence-electron chi connectivity index (χ2n) is 4.34. The molecule has 0 fully saturated rings. The van der Waals surface area contributed by atoms with Gasteiger partial charge in [0.1, 0.15) is 11.6 Å². The maximum atomic E-state index is 4.60. The van der Waals surface area contributed by atoms with E-state index in [1.165, 1.54) is 0 Å². The molecule has 1 heterocycles. The summed E-state index contributed by atoms with van der Waals surface area (Å²) in [5.41, 5.74) is 0. The van der Waals surface area contributed by atoms with Crippen molar-refractivity contribution in [2.45, 2.75) is 27.7 Å². The highest BCUT2D eigenvalue weighted by molar-refractivity contribution is 5.46. The summed E-state index contributed by atoms with van der Waals surface area (Å²) >= 11 is 0. The molecular weight excluding hydrogens is 198 g/mol. The lowest BCUT2D eigenvalue weighted by Crippen LogP contribution is -2.28. The van der Waals surface area contributed by atoms with E-state index in [4.69, 9.17) is 0 Å². The van der Waals surface area contributed by atoms with Crippen LogP contribution in [0, 0.1) is 5.92 Å². The first-order valence-corrected chi connectivity index (χ1v) is 6.13. The summed E-state index contributed by atoms with van der Waals surface area (Å²) in [5.74, 6) is 2.68. The lowest BCUT2D eigenvalue weighted by atomic mass is 10.2. The van der Waals surface area contributed by atoms with Gasteiger partial charge in [0, 0.05) is 19.6 Å². The Labute approximate surface area is 98.9 Å². The zero-order valence-corrected chi connectivity index (χ0v) is 10.8. The highest BCUT2D eigenvalue weighted by atomic mass is 15.2. The van der Waals surface area contributed by atoms with Crippen LogP contribution in [0.2, 0.25) is 0 Å². The molecule has 0 amide bonds. The van der Waals surface area contributed by atoms with Crippen LogP contribution in [-0.2, 0) is 0 Å². The Bertz CT molecular complexity index is 310. The number of hydrogen-bond donors (Lipinski definition) is 1. The second kappa shape index (κ2) is 6.36. The van der Waals surface area contributed by atoms with E-state index in [0.717, 1.165) is 31.3 Å². The van der Waals surface area contributed by atoms with Gasteiger partial charge in [-0.1, -0.05) is 19.9 Å². The molecule has 0 saturated heterocycles. The van der Waals surface area contributed by atoms with Crippen molar-refractivity contribution in [1.82, 2.24) is 4.98 Å². The summed E-state index contributed by atoms with van der Waals surface area (Å²) in [6.45, 7) is 11.7. The molecule has 0 spiro atoms. The minimum Gasteiger partial charge on any atom is -0.370 e. The summed E-state index contributed by atoms with van der Waals surface area (Å²) in [4.78, 5) is 6.91.